The second kappa shape index (κ2) is 10.4. The van der Waals surface area contributed by atoms with Gasteiger partial charge in [0.15, 0.2) is 0 Å². The van der Waals surface area contributed by atoms with Crippen molar-refractivity contribution >= 4 is 28.2 Å². The Bertz CT molecular complexity index is 1990. The zero-order chi connectivity index (χ0) is 31.2. The number of hydrogen-bond acceptors (Lipinski definition) is 4. The highest BCUT2D eigenvalue weighted by Gasteiger charge is 2.40. The Morgan fingerprint density at radius 1 is 0.739 bits per heavy atom. The molecular formula is C39H43N5O2. The fourth-order valence-electron chi connectivity index (χ4n) is 9.06. The lowest BCUT2D eigenvalue weighted by Crippen LogP contribution is -2.36. The number of benzene rings is 3. The zero-order valence-corrected chi connectivity index (χ0v) is 27.2. The van der Waals surface area contributed by atoms with Gasteiger partial charge in [-0.05, 0) is 135 Å². The predicted octanol–water partition coefficient (Wildman–Crippen LogP) is 9.87. The van der Waals surface area contributed by atoms with E-state index in [2.05, 4.69) is 58.5 Å². The number of nitrogens with zero attached hydrogens (tertiary/aromatic N) is 3. The Hall–Kier alpha value is -4.13. The average molecular weight is 614 g/mol. The van der Waals surface area contributed by atoms with Crippen molar-refractivity contribution in [1.82, 2.24) is 24.8 Å². The molecule has 46 heavy (non-hydrogen) atoms. The van der Waals surface area contributed by atoms with E-state index in [1.54, 1.807) is 11.1 Å². The first kappa shape index (κ1) is 28.1. The van der Waals surface area contributed by atoms with Crippen molar-refractivity contribution in [2.45, 2.75) is 108 Å². The van der Waals surface area contributed by atoms with Gasteiger partial charge >= 0.3 is 6.09 Å². The summed E-state index contributed by atoms with van der Waals surface area (Å²) >= 11 is 0. The van der Waals surface area contributed by atoms with Crippen LogP contribution in [0.2, 0.25) is 0 Å². The topological polar surface area (TPSA) is 86.9 Å². The normalized spacial score (nSPS) is 22.8. The Labute approximate surface area is 270 Å². The number of H-pyrrole nitrogens is 2. The lowest BCUT2D eigenvalue weighted by molar-refractivity contribution is 0.0219. The number of rotatable bonds is 4. The molecule has 2 saturated carbocycles. The number of carbonyl (C=O) groups excluding carboxylic acids is 1. The van der Waals surface area contributed by atoms with Gasteiger partial charge in [0, 0.05) is 12.5 Å². The second-order valence-corrected chi connectivity index (χ2v) is 15.2. The van der Waals surface area contributed by atoms with Crippen LogP contribution in [0.25, 0.3) is 44.3 Å². The largest absolute Gasteiger partial charge is 0.444 e. The van der Waals surface area contributed by atoms with Gasteiger partial charge in [-0.3, -0.25) is 4.90 Å². The van der Waals surface area contributed by atoms with E-state index in [-0.39, 0.29) is 12.1 Å². The van der Waals surface area contributed by atoms with Crippen LogP contribution in [0.15, 0.2) is 48.5 Å². The van der Waals surface area contributed by atoms with E-state index >= 15 is 0 Å². The van der Waals surface area contributed by atoms with Crippen LogP contribution >= 0.6 is 0 Å². The number of carbonyl (C=O) groups is 1. The lowest BCUT2D eigenvalue weighted by Gasteiger charge is -2.27. The third kappa shape index (κ3) is 4.65. The van der Waals surface area contributed by atoms with Gasteiger partial charge < -0.3 is 14.7 Å². The Morgan fingerprint density at radius 3 is 1.93 bits per heavy atom. The van der Waals surface area contributed by atoms with E-state index < -0.39 is 5.60 Å². The molecule has 2 aromatic heterocycles. The molecule has 7 heteroatoms. The Kier molecular flexibility index (Phi) is 6.38. The van der Waals surface area contributed by atoms with E-state index in [1.165, 1.54) is 73.0 Å². The maximum Gasteiger partial charge on any atom is 0.410 e. The summed E-state index contributed by atoms with van der Waals surface area (Å²) in [6, 6.07) is 18.1. The molecule has 2 N–H and O–H groups in total. The molecule has 0 spiro atoms. The van der Waals surface area contributed by atoms with Crippen molar-refractivity contribution in [3.63, 3.8) is 0 Å². The summed E-state index contributed by atoms with van der Waals surface area (Å²) in [5.74, 6) is 3.85. The number of imidazole rings is 2. The van der Waals surface area contributed by atoms with Crippen LogP contribution in [0.5, 0.6) is 0 Å². The number of nitrogens with one attached hydrogen (secondary N) is 2. The van der Waals surface area contributed by atoms with E-state index in [0.717, 1.165) is 40.7 Å². The van der Waals surface area contributed by atoms with Gasteiger partial charge in [0.05, 0.1) is 28.1 Å². The smallest absolute Gasteiger partial charge is 0.410 e. The van der Waals surface area contributed by atoms with Gasteiger partial charge in [0.25, 0.3) is 0 Å². The highest BCUT2D eigenvalue weighted by Crippen LogP contribution is 2.58. The number of likely N-dealkylation sites (tertiary alicyclic amines) is 1. The van der Waals surface area contributed by atoms with Crippen molar-refractivity contribution in [2.75, 3.05) is 6.54 Å². The number of ether oxygens (including phenoxy) is 1. The van der Waals surface area contributed by atoms with Crippen molar-refractivity contribution in [2.24, 2.45) is 0 Å². The SMILES string of the molecule is CC(C)(C)OC(=O)N1CCC[C@H]1c1nc2ccc(-c3ccc(-c4ccc5nc(C6CCCC6)[nH]c5c4)c4c3C3CCC4C3)cc2[nH]1. The standard InChI is InChI=1S/C39H43N5O2/c1-39(2,3)46-38(45)44-18-6-9-33(44)37-41-30-17-13-24(21-32(30)43-37)28-15-14-27(34-25-10-11-26(19-25)35(28)34)23-12-16-29-31(20-23)42-36(40-29)22-7-4-5-8-22/h12-17,20-22,25-26,33H,4-11,18-19H2,1-3H3,(H,40,42)(H,41,43)/t25?,26?,33-/m0/s1. The fourth-order valence-corrected chi connectivity index (χ4v) is 9.06. The summed E-state index contributed by atoms with van der Waals surface area (Å²) in [4.78, 5) is 32.1. The van der Waals surface area contributed by atoms with Crippen molar-refractivity contribution in [1.29, 1.82) is 0 Å². The molecule has 2 bridgehead atoms. The molecule has 3 atom stereocenters. The van der Waals surface area contributed by atoms with Crippen LogP contribution in [0.4, 0.5) is 4.79 Å². The van der Waals surface area contributed by atoms with Crippen LogP contribution < -0.4 is 0 Å². The molecule has 7 nitrogen and oxygen atoms in total. The number of aromatic amines is 2. The monoisotopic (exact) mass is 613 g/mol. The highest BCUT2D eigenvalue weighted by molar-refractivity contribution is 5.88. The number of hydrogen-bond donors (Lipinski definition) is 2. The minimum absolute atomic E-state index is 0.0913. The first-order chi connectivity index (χ1) is 22.3. The second-order valence-electron chi connectivity index (χ2n) is 15.2. The zero-order valence-electron chi connectivity index (χ0n) is 27.2. The van der Waals surface area contributed by atoms with Crippen molar-refractivity contribution in [3.05, 3.63) is 71.3 Å². The molecular weight excluding hydrogens is 570 g/mol. The van der Waals surface area contributed by atoms with Gasteiger partial charge in [-0.25, -0.2) is 14.8 Å². The first-order valence-corrected chi connectivity index (χ1v) is 17.5. The maximum atomic E-state index is 13.0. The molecule has 1 aliphatic heterocycles. The van der Waals surface area contributed by atoms with E-state index in [0.29, 0.717) is 24.3 Å². The van der Waals surface area contributed by atoms with E-state index in [9.17, 15) is 4.79 Å². The highest BCUT2D eigenvalue weighted by atomic mass is 16.6. The minimum atomic E-state index is -0.521. The minimum Gasteiger partial charge on any atom is -0.444 e. The molecule has 1 saturated heterocycles. The van der Waals surface area contributed by atoms with E-state index in [1.807, 2.05) is 25.7 Å². The molecule has 0 radical (unpaired) electrons. The first-order valence-electron chi connectivity index (χ1n) is 17.5. The summed E-state index contributed by atoms with van der Waals surface area (Å²) in [5.41, 5.74) is 12.1. The van der Waals surface area contributed by atoms with Crippen LogP contribution in [0.1, 0.15) is 125 Å². The third-order valence-electron chi connectivity index (χ3n) is 11.1. The number of fused-ring (bicyclic) bond motifs is 7. The molecule has 9 rings (SSSR count). The summed E-state index contributed by atoms with van der Waals surface area (Å²) < 4.78 is 5.72. The molecule has 3 fully saturated rings. The molecule has 4 aliphatic rings. The number of amides is 1. The quantitative estimate of drug-likeness (QED) is 0.211. The molecule has 2 unspecified atom stereocenters. The van der Waals surface area contributed by atoms with Crippen LogP contribution in [0.3, 0.4) is 0 Å². The van der Waals surface area contributed by atoms with Crippen LogP contribution in [-0.2, 0) is 4.74 Å². The molecule has 3 heterocycles. The van der Waals surface area contributed by atoms with Crippen molar-refractivity contribution in [3.8, 4) is 22.3 Å². The van der Waals surface area contributed by atoms with Gasteiger partial charge in [-0.2, -0.15) is 0 Å². The van der Waals surface area contributed by atoms with Gasteiger partial charge in [0.1, 0.15) is 17.2 Å². The molecule has 1 amide bonds. The molecule has 5 aromatic rings. The lowest BCUT2D eigenvalue weighted by atomic mass is 9.81. The summed E-state index contributed by atoms with van der Waals surface area (Å²) in [6.07, 6.45) is 10.5. The molecule has 236 valence electrons. The summed E-state index contributed by atoms with van der Waals surface area (Å²) in [7, 11) is 0. The Morgan fingerprint density at radius 2 is 1.33 bits per heavy atom. The number of aromatic nitrogens is 4. The van der Waals surface area contributed by atoms with E-state index in [4.69, 9.17) is 14.7 Å². The Balaban J connectivity index is 1.06. The summed E-state index contributed by atoms with van der Waals surface area (Å²) in [6.45, 7) is 6.44. The third-order valence-corrected chi connectivity index (χ3v) is 11.1. The van der Waals surface area contributed by atoms with Gasteiger partial charge in [-0.1, -0.05) is 37.1 Å². The van der Waals surface area contributed by atoms with Crippen LogP contribution in [0, 0.1) is 0 Å². The van der Waals surface area contributed by atoms with Crippen LogP contribution in [-0.4, -0.2) is 43.1 Å². The molecule has 3 aliphatic carbocycles. The van der Waals surface area contributed by atoms with Crippen molar-refractivity contribution < 1.29 is 9.53 Å². The predicted molar refractivity (Wildman–Crippen MR) is 182 cm³/mol. The summed E-state index contributed by atoms with van der Waals surface area (Å²) in [5, 5.41) is 0. The maximum absolute atomic E-state index is 13.0. The molecule has 3 aromatic carbocycles. The van der Waals surface area contributed by atoms with Gasteiger partial charge in [-0.15, -0.1) is 0 Å². The van der Waals surface area contributed by atoms with Gasteiger partial charge in [0.2, 0.25) is 0 Å². The fraction of sp³-hybridized carbons (Fsp3) is 0.462. The average Bonchev–Trinajstić information content (AvgIpc) is 3.89.